The Labute approximate surface area is 241 Å². The van der Waals surface area contributed by atoms with E-state index in [1.54, 1.807) is 18.5 Å². The van der Waals surface area contributed by atoms with E-state index >= 15 is 0 Å². The van der Waals surface area contributed by atoms with Crippen LogP contribution in [0.15, 0.2) is 42.7 Å². The fraction of sp³-hybridized carbons (Fsp3) is 0.500. The van der Waals surface area contributed by atoms with Crippen molar-refractivity contribution in [3.05, 3.63) is 70.8 Å². The lowest BCUT2D eigenvalue weighted by Gasteiger charge is -2.42. The molecule has 0 spiro atoms. The van der Waals surface area contributed by atoms with Gasteiger partial charge in [0.2, 0.25) is 0 Å². The molecule has 3 aliphatic rings. The smallest absolute Gasteiger partial charge is 0.394 e. The molecule has 0 atom stereocenters. The molecule has 3 aliphatic heterocycles. The molecule has 1 amide bonds. The Bertz CT molecular complexity index is 1450. The zero-order chi connectivity index (χ0) is 29.5. The molecule has 1 aromatic heterocycles. The Morgan fingerprint density at radius 2 is 1.93 bits per heavy atom. The zero-order valence-corrected chi connectivity index (χ0v) is 23.4. The highest BCUT2D eigenvalue weighted by Crippen LogP contribution is 2.43. The summed E-state index contributed by atoms with van der Waals surface area (Å²) in [5.74, 6) is 0.651. The predicted octanol–water partition coefficient (Wildman–Crippen LogP) is 3.73. The standard InChI is InChI=1S/C30H34F3N5O4/c1-36-19-34-35-27(36)14-29(17-42-18-29)21-3-2-4-22(11-21)38-15-25-24(28(38)40)12-23(13-26(25)30(31,32)33)37-7-5-20(6-8-37)16-41-10-9-39/h2-4,11-13,19-20,39H,5-10,14-18H2,1H3. The molecule has 0 aliphatic carbocycles. The molecule has 4 heterocycles. The van der Waals surface area contributed by atoms with Crippen molar-refractivity contribution in [1.82, 2.24) is 14.8 Å². The van der Waals surface area contributed by atoms with Crippen molar-refractivity contribution < 1.29 is 32.5 Å². The number of ether oxygens (including phenoxy) is 2. The molecule has 0 saturated carbocycles. The number of fused-ring (bicyclic) bond motifs is 1. The van der Waals surface area contributed by atoms with Crippen LogP contribution in [-0.2, 0) is 41.1 Å². The first kappa shape index (κ1) is 28.6. The highest BCUT2D eigenvalue weighted by molar-refractivity contribution is 6.11. The first-order chi connectivity index (χ1) is 20.2. The number of aromatic nitrogens is 3. The van der Waals surface area contributed by atoms with Crippen LogP contribution in [0, 0.1) is 5.92 Å². The van der Waals surface area contributed by atoms with Crippen molar-refractivity contribution in [3.63, 3.8) is 0 Å². The number of anilines is 2. The third-order valence-electron chi connectivity index (χ3n) is 8.73. The number of aliphatic hydroxyl groups is 1. The number of hydrogen-bond acceptors (Lipinski definition) is 7. The number of nitrogens with zero attached hydrogens (tertiary/aromatic N) is 5. The Morgan fingerprint density at radius 3 is 2.57 bits per heavy atom. The topological polar surface area (TPSA) is 93.0 Å². The summed E-state index contributed by atoms with van der Waals surface area (Å²) in [6.45, 7) is 2.69. The molecule has 9 nitrogen and oxygen atoms in total. The molecule has 0 bridgehead atoms. The summed E-state index contributed by atoms with van der Waals surface area (Å²) < 4.78 is 56.0. The maximum Gasteiger partial charge on any atom is 0.416 e. The average molecular weight is 586 g/mol. The molecule has 0 radical (unpaired) electrons. The molecule has 2 saturated heterocycles. The fourth-order valence-corrected chi connectivity index (χ4v) is 6.20. The van der Waals surface area contributed by atoms with Gasteiger partial charge in [-0.15, -0.1) is 10.2 Å². The summed E-state index contributed by atoms with van der Waals surface area (Å²) in [6.07, 6.45) is -0.848. The van der Waals surface area contributed by atoms with Crippen LogP contribution < -0.4 is 9.80 Å². The van der Waals surface area contributed by atoms with E-state index < -0.39 is 17.6 Å². The number of hydrogen-bond donors (Lipinski definition) is 1. The lowest BCUT2D eigenvalue weighted by molar-refractivity contribution is -0.138. The van der Waals surface area contributed by atoms with Gasteiger partial charge in [0, 0.05) is 55.5 Å². The summed E-state index contributed by atoms with van der Waals surface area (Å²) in [7, 11) is 1.88. The first-order valence-corrected chi connectivity index (χ1v) is 14.2. The van der Waals surface area contributed by atoms with Crippen LogP contribution in [0.2, 0.25) is 0 Å². The van der Waals surface area contributed by atoms with Crippen LogP contribution >= 0.6 is 0 Å². The third kappa shape index (κ3) is 5.38. The van der Waals surface area contributed by atoms with Crippen molar-refractivity contribution >= 4 is 17.3 Å². The van der Waals surface area contributed by atoms with E-state index in [2.05, 4.69) is 10.2 Å². The summed E-state index contributed by atoms with van der Waals surface area (Å²) in [5, 5.41) is 17.1. The van der Waals surface area contributed by atoms with E-state index in [9.17, 15) is 18.0 Å². The van der Waals surface area contributed by atoms with Gasteiger partial charge in [-0.3, -0.25) is 4.79 Å². The normalized spacial score (nSPS) is 18.8. The number of alkyl halides is 3. The van der Waals surface area contributed by atoms with Gasteiger partial charge in [0.1, 0.15) is 12.2 Å². The molecule has 224 valence electrons. The average Bonchev–Trinajstić information content (AvgIpc) is 3.52. The van der Waals surface area contributed by atoms with E-state index in [0.717, 1.165) is 24.2 Å². The Kier molecular flexibility index (Phi) is 7.71. The second kappa shape index (κ2) is 11.3. The minimum atomic E-state index is -4.60. The number of aryl methyl sites for hydroxylation is 1. The monoisotopic (exact) mass is 585 g/mol. The molecular weight excluding hydrogens is 551 g/mol. The lowest BCUT2D eigenvalue weighted by Crippen LogP contribution is -2.49. The summed E-state index contributed by atoms with van der Waals surface area (Å²) in [6, 6.07) is 10.3. The fourth-order valence-electron chi connectivity index (χ4n) is 6.20. The summed E-state index contributed by atoms with van der Waals surface area (Å²) >= 11 is 0. The number of amides is 1. The second-order valence-corrected chi connectivity index (χ2v) is 11.5. The number of aliphatic hydroxyl groups excluding tert-OH is 1. The quantitative estimate of drug-likeness (QED) is 0.383. The van der Waals surface area contributed by atoms with Gasteiger partial charge in [-0.25, -0.2) is 0 Å². The molecule has 12 heteroatoms. The van der Waals surface area contributed by atoms with Crippen LogP contribution in [0.25, 0.3) is 0 Å². The lowest BCUT2D eigenvalue weighted by atomic mass is 9.75. The van der Waals surface area contributed by atoms with Gasteiger partial charge in [0.15, 0.2) is 0 Å². The molecule has 6 rings (SSSR count). The van der Waals surface area contributed by atoms with Gasteiger partial charge in [0.05, 0.1) is 38.5 Å². The maximum atomic E-state index is 14.4. The highest BCUT2D eigenvalue weighted by Gasteiger charge is 2.44. The van der Waals surface area contributed by atoms with Gasteiger partial charge in [-0.1, -0.05) is 12.1 Å². The maximum absolute atomic E-state index is 14.4. The van der Waals surface area contributed by atoms with E-state index in [1.807, 2.05) is 34.7 Å². The zero-order valence-electron chi connectivity index (χ0n) is 23.4. The minimum absolute atomic E-state index is 0.00900. The van der Waals surface area contributed by atoms with E-state index in [4.69, 9.17) is 14.6 Å². The van der Waals surface area contributed by atoms with Gasteiger partial charge >= 0.3 is 6.18 Å². The number of halogens is 3. The highest BCUT2D eigenvalue weighted by atomic mass is 19.4. The van der Waals surface area contributed by atoms with E-state index in [-0.39, 0.29) is 42.2 Å². The number of piperidine rings is 1. The Hall–Kier alpha value is -3.48. The number of benzene rings is 2. The third-order valence-corrected chi connectivity index (χ3v) is 8.73. The second-order valence-electron chi connectivity index (χ2n) is 11.5. The van der Waals surface area contributed by atoms with Crippen molar-refractivity contribution in [3.8, 4) is 0 Å². The van der Waals surface area contributed by atoms with Crippen molar-refractivity contribution in [2.45, 2.75) is 37.4 Å². The SMILES string of the molecule is Cn1cnnc1CC1(c2cccc(N3Cc4c(cc(N5CCC(COCCO)CC5)cc4C(F)(F)F)C3=O)c2)COC1. The number of rotatable bonds is 9. The molecule has 3 aromatic rings. The predicted molar refractivity (Wildman–Crippen MR) is 148 cm³/mol. The largest absolute Gasteiger partial charge is 0.416 e. The van der Waals surface area contributed by atoms with E-state index in [1.165, 1.54) is 11.0 Å². The van der Waals surface area contributed by atoms with Crippen LogP contribution in [0.4, 0.5) is 24.5 Å². The molecule has 42 heavy (non-hydrogen) atoms. The van der Waals surface area contributed by atoms with Crippen molar-refractivity contribution in [2.24, 2.45) is 13.0 Å². The Balaban J connectivity index is 1.26. The first-order valence-electron chi connectivity index (χ1n) is 14.2. The van der Waals surface area contributed by atoms with Crippen molar-refractivity contribution in [1.29, 1.82) is 0 Å². The van der Waals surface area contributed by atoms with Gasteiger partial charge in [-0.05, 0) is 54.2 Å². The van der Waals surface area contributed by atoms with Gasteiger partial charge < -0.3 is 28.9 Å². The van der Waals surface area contributed by atoms with Crippen LogP contribution in [0.3, 0.4) is 0 Å². The van der Waals surface area contributed by atoms with Crippen molar-refractivity contribution in [2.75, 3.05) is 55.9 Å². The van der Waals surface area contributed by atoms with Crippen LogP contribution in [0.1, 0.15) is 45.7 Å². The van der Waals surface area contributed by atoms with Gasteiger partial charge in [0.25, 0.3) is 5.91 Å². The molecular formula is C30H34F3N5O4. The Morgan fingerprint density at radius 1 is 1.14 bits per heavy atom. The molecule has 2 aromatic carbocycles. The number of carbonyl (C=O) groups excluding carboxylic acids is 1. The molecule has 2 fully saturated rings. The molecule has 0 unspecified atom stereocenters. The minimum Gasteiger partial charge on any atom is -0.394 e. The number of carbonyl (C=O) groups is 1. The van der Waals surface area contributed by atoms with E-state index in [0.29, 0.717) is 50.7 Å². The summed E-state index contributed by atoms with van der Waals surface area (Å²) in [4.78, 5) is 17.1. The van der Waals surface area contributed by atoms with Crippen LogP contribution in [0.5, 0.6) is 0 Å². The van der Waals surface area contributed by atoms with Crippen LogP contribution in [-0.4, -0.2) is 71.9 Å². The summed E-state index contributed by atoms with van der Waals surface area (Å²) in [5.41, 5.74) is 0.896. The van der Waals surface area contributed by atoms with Gasteiger partial charge in [-0.2, -0.15) is 13.2 Å². The molecule has 1 N–H and O–H groups in total.